The Labute approximate surface area is 49.0 Å². The van der Waals surface area contributed by atoms with Gasteiger partial charge in [-0.25, -0.2) is 0 Å². The SMILES string of the molecule is N=CCC(O)CCN. The normalized spacial score (nSPS) is 13.2. The molecule has 4 N–H and O–H groups in total. The zero-order valence-corrected chi connectivity index (χ0v) is 4.80. The number of nitrogens with two attached hydrogens (primary N) is 1. The van der Waals surface area contributed by atoms with Crippen LogP contribution in [0.15, 0.2) is 0 Å². The van der Waals surface area contributed by atoms with Gasteiger partial charge in [0.2, 0.25) is 0 Å². The van der Waals surface area contributed by atoms with Gasteiger partial charge in [0.15, 0.2) is 0 Å². The molecule has 0 aliphatic heterocycles. The lowest BCUT2D eigenvalue weighted by atomic mass is 10.2. The minimum atomic E-state index is -0.405. The zero-order chi connectivity index (χ0) is 6.41. The lowest BCUT2D eigenvalue weighted by Gasteiger charge is -2.02. The Morgan fingerprint density at radius 1 is 1.75 bits per heavy atom. The fraction of sp³-hybridized carbons (Fsp3) is 0.800. The number of hydrogen-bond acceptors (Lipinski definition) is 3. The minimum absolute atomic E-state index is 0.405. The van der Waals surface area contributed by atoms with E-state index >= 15 is 0 Å². The molecule has 1 unspecified atom stereocenters. The topological polar surface area (TPSA) is 70.1 Å². The van der Waals surface area contributed by atoms with E-state index in [9.17, 15) is 0 Å². The van der Waals surface area contributed by atoms with Gasteiger partial charge in [0.25, 0.3) is 0 Å². The van der Waals surface area contributed by atoms with Gasteiger partial charge < -0.3 is 16.2 Å². The van der Waals surface area contributed by atoms with E-state index in [1.807, 2.05) is 0 Å². The molecule has 48 valence electrons. The van der Waals surface area contributed by atoms with Crippen molar-refractivity contribution >= 4 is 6.21 Å². The quantitative estimate of drug-likeness (QED) is 0.443. The van der Waals surface area contributed by atoms with Crippen LogP contribution < -0.4 is 5.73 Å². The lowest BCUT2D eigenvalue weighted by Crippen LogP contribution is -2.13. The standard InChI is InChI=1S/C5H12N2O/c6-3-1-5(8)2-4-7/h3,5-6,8H,1-2,4,7H2. The number of nitrogens with one attached hydrogen (secondary N) is 1. The Balaban J connectivity index is 3.03. The minimum Gasteiger partial charge on any atom is -0.393 e. The fourth-order valence-corrected chi connectivity index (χ4v) is 0.446. The molecule has 0 saturated carbocycles. The van der Waals surface area contributed by atoms with Crippen LogP contribution in [0.5, 0.6) is 0 Å². The van der Waals surface area contributed by atoms with Gasteiger partial charge in [0, 0.05) is 6.42 Å². The molecule has 0 saturated heterocycles. The predicted molar refractivity (Wildman–Crippen MR) is 33.1 cm³/mol. The van der Waals surface area contributed by atoms with Crippen LogP contribution in [0.2, 0.25) is 0 Å². The summed E-state index contributed by atoms with van der Waals surface area (Å²) in [5.41, 5.74) is 5.12. The van der Waals surface area contributed by atoms with E-state index in [-0.39, 0.29) is 0 Å². The van der Waals surface area contributed by atoms with E-state index in [1.54, 1.807) is 0 Å². The molecule has 0 aromatic heterocycles. The average Bonchev–Trinajstić information content (AvgIpc) is 1.68. The highest BCUT2D eigenvalue weighted by Gasteiger charge is 1.97. The van der Waals surface area contributed by atoms with Crippen molar-refractivity contribution in [1.82, 2.24) is 0 Å². The Bertz CT molecular complexity index is 65.4. The Hall–Kier alpha value is -0.410. The first kappa shape index (κ1) is 7.59. The molecule has 3 nitrogen and oxygen atoms in total. The van der Waals surface area contributed by atoms with E-state index in [1.165, 1.54) is 6.21 Å². The highest BCUT2D eigenvalue weighted by molar-refractivity contribution is 5.53. The van der Waals surface area contributed by atoms with Crippen LogP contribution in [0.25, 0.3) is 0 Å². The van der Waals surface area contributed by atoms with Gasteiger partial charge in [-0.2, -0.15) is 0 Å². The van der Waals surface area contributed by atoms with Gasteiger partial charge in [-0.05, 0) is 19.2 Å². The molecule has 8 heavy (non-hydrogen) atoms. The average molecular weight is 116 g/mol. The van der Waals surface area contributed by atoms with Gasteiger partial charge in [-0.1, -0.05) is 0 Å². The molecule has 0 radical (unpaired) electrons. The molecule has 0 spiro atoms. The summed E-state index contributed by atoms with van der Waals surface area (Å²) in [5.74, 6) is 0. The van der Waals surface area contributed by atoms with Crippen LogP contribution in [0, 0.1) is 5.41 Å². The molecule has 0 rings (SSSR count). The van der Waals surface area contributed by atoms with Crippen molar-refractivity contribution in [2.45, 2.75) is 18.9 Å². The summed E-state index contributed by atoms with van der Waals surface area (Å²) in [6.07, 6.45) is 1.81. The molecule has 0 heterocycles. The third-order valence-corrected chi connectivity index (χ3v) is 0.890. The van der Waals surface area contributed by atoms with Crippen LogP contribution in [0.4, 0.5) is 0 Å². The third kappa shape index (κ3) is 3.77. The largest absolute Gasteiger partial charge is 0.393 e. The van der Waals surface area contributed by atoms with Crippen molar-refractivity contribution in [2.75, 3.05) is 6.54 Å². The van der Waals surface area contributed by atoms with Crippen LogP contribution in [0.3, 0.4) is 0 Å². The first-order valence-corrected chi connectivity index (χ1v) is 2.68. The smallest absolute Gasteiger partial charge is 0.0601 e. The van der Waals surface area contributed by atoms with Crippen LogP contribution >= 0.6 is 0 Å². The molecule has 0 amide bonds. The fourth-order valence-electron chi connectivity index (χ4n) is 0.446. The summed E-state index contributed by atoms with van der Waals surface area (Å²) >= 11 is 0. The van der Waals surface area contributed by atoms with Crippen molar-refractivity contribution in [2.24, 2.45) is 5.73 Å². The molecule has 0 fully saturated rings. The number of hydrogen-bond donors (Lipinski definition) is 3. The second kappa shape index (κ2) is 4.74. The second-order valence-electron chi connectivity index (χ2n) is 1.67. The van der Waals surface area contributed by atoms with Crippen molar-refractivity contribution < 1.29 is 5.11 Å². The first-order valence-electron chi connectivity index (χ1n) is 2.68. The molecule has 0 aromatic rings. The Kier molecular flexibility index (Phi) is 4.50. The molecule has 0 bridgehead atoms. The van der Waals surface area contributed by atoms with Crippen LogP contribution in [-0.2, 0) is 0 Å². The molecule has 0 aliphatic rings. The van der Waals surface area contributed by atoms with Crippen LogP contribution in [0.1, 0.15) is 12.8 Å². The van der Waals surface area contributed by atoms with Crippen molar-refractivity contribution in [1.29, 1.82) is 5.41 Å². The lowest BCUT2D eigenvalue weighted by molar-refractivity contribution is 0.176. The molecular formula is C5H12N2O. The van der Waals surface area contributed by atoms with E-state index < -0.39 is 6.10 Å². The summed E-state index contributed by atoms with van der Waals surface area (Å²) in [4.78, 5) is 0. The van der Waals surface area contributed by atoms with Gasteiger partial charge >= 0.3 is 0 Å². The van der Waals surface area contributed by atoms with Gasteiger partial charge in [-0.3, -0.25) is 0 Å². The maximum absolute atomic E-state index is 8.82. The third-order valence-electron chi connectivity index (χ3n) is 0.890. The summed E-state index contributed by atoms with van der Waals surface area (Å²) in [7, 11) is 0. The highest BCUT2D eigenvalue weighted by atomic mass is 16.3. The molecule has 0 aliphatic carbocycles. The highest BCUT2D eigenvalue weighted by Crippen LogP contribution is 1.91. The van der Waals surface area contributed by atoms with Crippen molar-refractivity contribution in [3.05, 3.63) is 0 Å². The van der Waals surface area contributed by atoms with Gasteiger partial charge in [0.1, 0.15) is 0 Å². The monoisotopic (exact) mass is 116 g/mol. The van der Waals surface area contributed by atoms with Crippen molar-refractivity contribution in [3.63, 3.8) is 0 Å². The number of aliphatic hydroxyl groups excluding tert-OH is 1. The Morgan fingerprint density at radius 3 is 2.75 bits per heavy atom. The molecular weight excluding hydrogens is 104 g/mol. The van der Waals surface area contributed by atoms with Gasteiger partial charge in [0.05, 0.1) is 6.10 Å². The molecule has 1 atom stereocenters. The summed E-state index contributed by atoms with van der Waals surface area (Å²) in [5, 5.41) is 15.4. The van der Waals surface area contributed by atoms with E-state index in [0.717, 1.165) is 0 Å². The maximum Gasteiger partial charge on any atom is 0.0601 e. The predicted octanol–water partition coefficient (Wildman–Crippen LogP) is -0.264. The van der Waals surface area contributed by atoms with Gasteiger partial charge in [-0.15, -0.1) is 0 Å². The number of rotatable bonds is 4. The molecule has 0 aromatic carbocycles. The van der Waals surface area contributed by atoms with E-state index in [4.69, 9.17) is 16.2 Å². The summed E-state index contributed by atoms with van der Waals surface area (Å²) in [6.45, 7) is 0.495. The second-order valence-corrected chi connectivity index (χ2v) is 1.67. The first-order chi connectivity index (χ1) is 3.81. The van der Waals surface area contributed by atoms with Crippen molar-refractivity contribution in [3.8, 4) is 0 Å². The zero-order valence-electron chi connectivity index (χ0n) is 4.80. The summed E-state index contributed by atoms with van der Waals surface area (Å²) < 4.78 is 0. The maximum atomic E-state index is 8.82. The van der Waals surface area contributed by atoms with E-state index in [0.29, 0.717) is 19.4 Å². The number of aliphatic hydroxyl groups is 1. The van der Waals surface area contributed by atoms with E-state index in [2.05, 4.69) is 0 Å². The summed E-state index contributed by atoms with van der Waals surface area (Å²) in [6, 6.07) is 0. The van der Waals surface area contributed by atoms with Crippen LogP contribution in [-0.4, -0.2) is 24.0 Å². The Morgan fingerprint density at radius 2 is 2.38 bits per heavy atom. The molecule has 3 heteroatoms.